The van der Waals surface area contributed by atoms with Crippen molar-refractivity contribution >= 4 is 33.4 Å². The average Bonchev–Trinajstić information content (AvgIpc) is 3.36. The van der Waals surface area contributed by atoms with Gasteiger partial charge in [-0.15, -0.1) is 0 Å². The summed E-state index contributed by atoms with van der Waals surface area (Å²) in [7, 11) is 0. The molecular weight excluding hydrogens is 384 g/mol. The van der Waals surface area contributed by atoms with Crippen LogP contribution in [0.15, 0.2) is 22.7 Å². The van der Waals surface area contributed by atoms with Crippen molar-refractivity contribution in [1.29, 1.82) is 0 Å². The van der Waals surface area contributed by atoms with Crippen LogP contribution < -0.4 is 10.6 Å². The first-order chi connectivity index (χ1) is 12.0. The molecule has 1 aliphatic heterocycles. The molecular formula is C18H25BrN4O2. The Morgan fingerprint density at radius 1 is 1.08 bits per heavy atom. The van der Waals surface area contributed by atoms with Crippen molar-refractivity contribution in [2.75, 3.05) is 44.6 Å². The first kappa shape index (κ1) is 18.4. The largest absolute Gasteiger partial charge is 0.352 e. The van der Waals surface area contributed by atoms with E-state index in [1.54, 1.807) is 0 Å². The van der Waals surface area contributed by atoms with Gasteiger partial charge in [-0.05, 0) is 37.5 Å². The molecule has 2 aliphatic rings. The van der Waals surface area contributed by atoms with Crippen molar-refractivity contribution in [2.45, 2.75) is 25.8 Å². The maximum atomic E-state index is 12.2. The van der Waals surface area contributed by atoms with Crippen LogP contribution >= 0.6 is 15.9 Å². The van der Waals surface area contributed by atoms with E-state index >= 15 is 0 Å². The number of carbonyl (C=O) groups is 2. The second-order valence-electron chi connectivity index (χ2n) is 6.91. The van der Waals surface area contributed by atoms with Gasteiger partial charge in [-0.2, -0.15) is 0 Å². The molecule has 1 aromatic carbocycles. The molecule has 25 heavy (non-hydrogen) atoms. The van der Waals surface area contributed by atoms with Crippen LogP contribution in [0, 0.1) is 6.92 Å². The molecule has 6 nitrogen and oxygen atoms in total. The highest BCUT2D eigenvalue weighted by Gasteiger charge is 2.25. The molecule has 2 amide bonds. The lowest BCUT2D eigenvalue weighted by Crippen LogP contribution is -2.51. The average molecular weight is 409 g/mol. The number of aryl methyl sites for hydroxylation is 1. The van der Waals surface area contributed by atoms with Crippen molar-refractivity contribution in [3.8, 4) is 0 Å². The zero-order valence-electron chi connectivity index (χ0n) is 14.6. The van der Waals surface area contributed by atoms with Crippen LogP contribution in [-0.2, 0) is 9.59 Å². The summed E-state index contributed by atoms with van der Waals surface area (Å²) in [6.07, 6.45) is 2.23. The van der Waals surface area contributed by atoms with Gasteiger partial charge in [-0.25, -0.2) is 0 Å². The van der Waals surface area contributed by atoms with Crippen molar-refractivity contribution < 1.29 is 9.59 Å². The van der Waals surface area contributed by atoms with Crippen LogP contribution in [0.5, 0.6) is 0 Å². The normalized spacial score (nSPS) is 18.8. The molecule has 0 unspecified atom stereocenters. The number of piperazine rings is 1. The fourth-order valence-corrected chi connectivity index (χ4v) is 3.26. The van der Waals surface area contributed by atoms with Crippen LogP contribution in [-0.4, -0.2) is 66.9 Å². The molecule has 0 aromatic heterocycles. The van der Waals surface area contributed by atoms with E-state index < -0.39 is 0 Å². The highest BCUT2D eigenvalue weighted by Crippen LogP contribution is 2.20. The SMILES string of the molecule is Cc1ccc(NC(=O)CN2CCN(CC(=O)NC3CC3)CC2)cc1Br. The lowest BCUT2D eigenvalue weighted by atomic mass is 10.2. The van der Waals surface area contributed by atoms with E-state index in [9.17, 15) is 9.59 Å². The van der Waals surface area contributed by atoms with Crippen molar-refractivity contribution in [1.82, 2.24) is 15.1 Å². The van der Waals surface area contributed by atoms with Gasteiger partial charge in [-0.1, -0.05) is 22.0 Å². The molecule has 0 radical (unpaired) electrons. The van der Waals surface area contributed by atoms with Gasteiger partial charge in [0, 0.05) is 42.4 Å². The van der Waals surface area contributed by atoms with E-state index in [0.717, 1.165) is 54.7 Å². The van der Waals surface area contributed by atoms with Gasteiger partial charge in [0.15, 0.2) is 0 Å². The van der Waals surface area contributed by atoms with E-state index in [1.807, 2.05) is 25.1 Å². The second kappa shape index (κ2) is 8.29. The van der Waals surface area contributed by atoms with Crippen LogP contribution in [0.4, 0.5) is 5.69 Å². The molecule has 1 saturated carbocycles. The van der Waals surface area contributed by atoms with Gasteiger partial charge < -0.3 is 10.6 Å². The van der Waals surface area contributed by atoms with Gasteiger partial charge in [0.1, 0.15) is 0 Å². The predicted molar refractivity (Wildman–Crippen MR) is 102 cm³/mol. The Kier molecular flexibility index (Phi) is 6.09. The number of benzene rings is 1. The molecule has 3 rings (SSSR count). The number of amides is 2. The monoisotopic (exact) mass is 408 g/mol. The van der Waals surface area contributed by atoms with E-state index in [0.29, 0.717) is 19.1 Å². The highest BCUT2D eigenvalue weighted by atomic mass is 79.9. The van der Waals surface area contributed by atoms with Crippen molar-refractivity contribution in [3.63, 3.8) is 0 Å². The molecule has 1 heterocycles. The third-order valence-electron chi connectivity index (χ3n) is 4.60. The fourth-order valence-electron chi connectivity index (χ4n) is 2.88. The summed E-state index contributed by atoms with van der Waals surface area (Å²) in [5, 5.41) is 5.96. The van der Waals surface area contributed by atoms with E-state index in [4.69, 9.17) is 0 Å². The summed E-state index contributed by atoms with van der Waals surface area (Å²) in [5.41, 5.74) is 1.94. The molecule has 0 spiro atoms. The Morgan fingerprint density at radius 2 is 1.68 bits per heavy atom. The maximum Gasteiger partial charge on any atom is 0.238 e. The van der Waals surface area contributed by atoms with E-state index in [2.05, 4.69) is 36.4 Å². The number of hydrogen-bond acceptors (Lipinski definition) is 4. The molecule has 1 aliphatic carbocycles. The Labute approximate surface area is 157 Å². The zero-order chi connectivity index (χ0) is 17.8. The Bertz CT molecular complexity index is 640. The quantitative estimate of drug-likeness (QED) is 0.749. The van der Waals surface area contributed by atoms with Gasteiger partial charge in [-0.3, -0.25) is 19.4 Å². The maximum absolute atomic E-state index is 12.2. The third-order valence-corrected chi connectivity index (χ3v) is 5.45. The molecule has 1 aromatic rings. The first-order valence-corrected chi connectivity index (χ1v) is 9.59. The minimum absolute atomic E-state index is 0.00400. The number of anilines is 1. The Morgan fingerprint density at radius 3 is 2.24 bits per heavy atom. The lowest BCUT2D eigenvalue weighted by molar-refractivity contribution is -0.123. The molecule has 136 valence electrons. The fraction of sp³-hybridized carbons (Fsp3) is 0.556. The first-order valence-electron chi connectivity index (χ1n) is 8.79. The highest BCUT2D eigenvalue weighted by molar-refractivity contribution is 9.10. The van der Waals surface area contributed by atoms with Crippen LogP contribution in [0.2, 0.25) is 0 Å². The standard InChI is InChI=1S/C18H25BrN4O2/c1-13-2-3-15(10-16(13)19)21-18(25)12-23-8-6-22(7-9-23)11-17(24)20-14-4-5-14/h2-3,10,14H,4-9,11-12H2,1H3,(H,20,24)(H,21,25). The summed E-state index contributed by atoms with van der Waals surface area (Å²) in [4.78, 5) is 28.3. The minimum Gasteiger partial charge on any atom is -0.352 e. The molecule has 2 fully saturated rings. The lowest BCUT2D eigenvalue weighted by Gasteiger charge is -2.33. The minimum atomic E-state index is -0.00400. The van der Waals surface area contributed by atoms with Crippen LogP contribution in [0.25, 0.3) is 0 Å². The number of nitrogens with zero attached hydrogens (tertiary/aromatic N) is 2. The van der Waals surface area contributed by atoms with Gasteiger partial charge in [0.2, 0.25) is 11.8 Å². The summed E-state index contributed by atoms with van der Waals surface area (Å²) in [6.45, 7) is 6.12. The Balaban J connectivity index is 1.38. The van der Waals surface area contributed by atoms with Gasteiger partial charge in [0.05, 0.1) is 13.1 Å². The van der Waals surface area contributed by atoms with Crippen molar-refractivity contribution in [2.24, 2.45) is 0 Å². The second-order valence-corrected chi connectivity index (χ2v) is 7.76. The topological polar surface area (TPSA) is 64.7 Å². The number of halogens is 1. The molecule has 7 heteroatoms. The molecule has 1 saturated heterocycles. The van der Waals surface area contributed by atoms with Crippen LogP contribution in [0.1, 0.15) is 18.4 Å². The van der Waals surface area contributed by atoms with E-state index in [-0.39, 0.29) is 11.8 Å². The third kappa shape index (κ3) is 5.80. The van der Waals surface area contributed by atoms with Crippen molar-refractivity contribution in [3.05, 3.63) is 28.2 Å². The van der Waals surface area contributed by atoms with Gasteiger partial charge >= 0.3 is 0 Å². The molecule has 2 N–H and O–H groups in total. The number of carbonyl (C=O) groups excluding carboxylic acids is 2. The predicted octanol–water partition coefficient (Wildman–Crippen LogP) is 1.59. The summed E-state index contributed by atoms with van der Waals surface area (Å²) >= 11 is 3.48. The zero-order valence-corrected chi connectivity index (χ0v) is 16.1. The smallest absolute Gasteiger partial charge is 0.238 e. The van der Waals surface area contributed by atoms with Gasteiger partial charge in [0.25, 0.3) is 0 Å². The summed E-state index contributed by atoms with van der Waals surface area (Å²) in [5.74, 6) is 0.120. The summed E-state index contributed by atoms with van der Waals surface area (Å²) in [6, 6.07) is 6.22. The number of hydrogen-bond donors (Lipinski definition) is 2. The van der Waals surface area contributed by atoms with Crippen LogP contribution in [0.3, 0.4) is 0 Å². The molecule has 0 bridgehead atoms. The number of rotatable bonds is 6. The summed E-state index contributed by atoms with van der Waals surface area (Å²) < 4.78 is 0.989. The molecule has 0 atom stereocenters. The van der Waals surface area contributed by atoms with E-state index in [1.165, 1.54) is 0 Å². The number of nitrogens with one attached hydrogen (secondary N) is 2. The Hall–Kier alpha value is -1.44.